The Hall–Kier alpha value is -2.05. The normalized spacial score (nSPS) is 13.5. The number of halogens is 1. The molecule has 1 aliphatic rings. The minimum absolute atomic E-state index is 0.0616. The van der Waals surface area contributed by atoms with Crippen LogP contribution in [0.4, 0.5) is 5.82 Å². The summed E-state index contributed by atoms with van der Waals surface area (Å²) < 4.78 is 7.32. The summed E-state index contributed by atoms with van der Waals surface area (Å²) in [5.74, 6) is 1.16. The molecule has 2 N–H and O–H groups in total. The highest BCUT2D eigenvalue weighted by molar-refractivity contribution is 6.32. The third-order valence-electron chi connectivity index (χ3n) is 4.11. The molecule has 1 aliphatic heterocycles. The second kappa shape index (κ2) is 6.83. The van der Waals surface area contributed by atoms with E-state index in [-0.39, 0.29) is 12.5 Å². The van der Waals surface area contributed by atoms with Crippen LogP contribution in [0.3, 0.4) is 0 Å². The van der Waals surface area contributed by atoms with E-state index in [0.29, 0.717) is 5.75 Å². The van der Waals surface area contributed by atoms with Crippen molar-refractivity contribution < 1.29 is 9.53 Å². The van der Waals surface area contributed by atoms with Crippen LogP contribution >= 0.6 is 11.6 Å². The predicted molar refractivity (Wildman–Crippen MR) is 93.7 cm³/mol. The smallest absolute Gasteiger partial charge is 0.263 e. The monoisotopic (exact) mass is 348 g/mol. The number of ether oxygens (including phenoxy) is 1. The lowest BCUT2D eigenvalue weighted by molar-refractivity contribution is -0.118. The lowest BCUT2D eigenvalue weighted by Crippen LogP contribution is -2.26. The van der Waals surface area contributed by atoms with E-state index in [2.05, 4.69) is 15.7 Å². The van der Waals surface area contributed by atoms with Crippen molar-refractivity contribution in [1.29, 1.82) is 0 Å². The van der Waals surface area contributed by atoms with E-state index in [1.165, 1.54) is 0 Å². The minimum atomic E-state index is -0.211. The van der Waals surface area contributed by atoms with Gasteiger partial charge in [-0.05, 0) is 37.1 Å². The van der Waals surface area contributed by atoms with Crippen molar-refractivity contribution in [2.45, 2.75) is 26.8 Å². The van der Waals surface area contributed by atoms with E-state index in [1.807, 2.05) is 33.0 Å². The first-order valence-electron chi connectivity index (χ1n) is 7.90. The summed E-state index contributed by atoms with van der Waals surface area (Å²) >= 11 is 6.14. The van der Waals surface area contributed by atoms with E-state index in [0.717, 1.165) is 52.7 Å². The molecule has 128 valence electrons. The predicted octanol–water partition coefficient (Wildman–Crippen LogP) is 2.35. The molecule has 0 unspecified atom stereocenters. The van der Waals surface area contributed by atoms with Crippen molar-refractivity contribution in [2.75, 3.05) is 18.5 Å². The summed E-state index contributed by atoms with van der Waals surface area (Å²) in [5, 5.41) is 11.4. The number of carbonyl (C=O) groups excluding carboxylic acids is 1. The van der Waals surface area contributed by atoms with Gasteiger partial charge in [0, 0.05) is 37.1 Å². The maximum Gasteiger partial charge on any atom is 0.263 e. The largest absolute Gasteiger partial charge is 0.484 e. The highest BCUT2D eigenvalue weighted by atomic mass is 35.5. The van der Waals surface area contributed by atoms with Crippen LogP contribution in [-0.4, -0.2) is 28.8 Å². The van der Waals surface area contributed by atoms with Gasteiger partial charge in [0.25, 0.3) is 5.91 Å². The SMILES string of the molecule is Cc1cc(OCC(=O)Nc2c3c(nn2C)CCNC3)cc(C)c1Cl. The Balaban J connectivity index is 1.66. The number of amides is 1. The van der Waals surface area contributed by atoms with Crippen molar-refractivity contribution in [2.24, 2.45) is 7.05 Å². The molecule has 0 radical (unpaired) electrons. The van der Waals surface area contributed by atoms with Crippen LogP contribution in [0.1, 0.15) is 22.4 Å². The number of aromatic nitrogens is 2. The minimum Gasteiger partial charge on any atom is -0.484 e. The fourth-order valence-corrected chi connectivity index (χ4v) is 3.00. The zero-order chi connectivity index (χ0) is 17.3. The molecule has 2 aromatic rings. The first-order valence-corrected chi connectivity index (χ1v) is 8.28. The Kier molecular flexibility index (Phi) is 4.78. The van der Waals surface area contributed by atoms with E-state index in [1.54, 1.807) is 4.68 Å². The Labute approximate surface area is 146 Å². The molecule has 0 spiro atoms. The van der Waals surface area contributed by atoms with Crippen LogP contribution in [0, 0.1) is 13.8 Å². The molecule has 3 rings (SSSR count). The second-order valence-electron chi connectivity index (χ2n) is 6.03. The van der Waals surface area contributed by atoms with Gasteiger partial charge in [-0.1, -0.05) is 11.6 Å². The van der Waals surface area contributed by atoms with Gasteiger partial charge >= 0.3 is 0 Å². The molecule has 0 saturated carbocycles. The van der Waals surface area contributed by atoms with Crippen LogP contribution in [-0.2, 0) is 24.8 Å². The first kappa shape index (κ1) is 16.8. The summed E-state index contributed by atoms with van der Waals surface area (Å²) in [6, 6.07) is 3.66. The van der Waals surface area contributed by atoms with Crippen LogP contribution in [0.25, 0.3) is 0 Å². The van der Waals surface area contributed by atoms with Crippen molar-refractivity contribution in [3.05, 3.63) is 39.5 Å². The molecule has 0 fully saturated rings. The fourth-order valence-electron chi connectivity index (χ4n) is 2.89. The molecule has 0 atom stereocenters. The van der Waals surface area contributed by atoms with Gasteiger partial charge in [0.15, 0.2) is 6.61 Å². The van der Waals surface area contributed by atoms with E-state index in [4.69, 9.17) is 16.3 Å². The lowest BCUT2D eigenvalue weighted by atomic mass is 10.1. The van der Waals surface area contributed by atoms with Crippen LogP contribution in [0.15, 0.2) is 12.1 Å². The fraction of sp³-hybridized carbons (Fsp3) is 0.412. The summed E-state index contributed by atoms with van der Waals surface area (Å²) in [6.45, 7) is 5.40. The molecule has 2 heterocycles. The molecule has 1 aromatic carbocycles. The van der Waals surface area contributed by atoms with Gasteiger partial charge in [0.2, 0.25) is 0 Å². The van der Waals surface area contributed by atoms with Gasteiger partial charge < -0.3 is 15.4 Å². The van der Waals surface area contributed by atoms with Gasteiger partial charge in [-0.15, -0.1) is 0 Å². The first-order chi connectivity index (χ1) is 11.5. The topological polar surface area (TPSA) is 68.2 Å². The molecule has 1 aromatic heterocycles. The number of nitrogens with zero attached hydrogens (tertiary/aromatic N) is 2. The van der Waals surface area contributed by atoms with Gasteiger partial charge in [-0.3, -0.25) is 9.48 Å². The van der Waals surface area contributed by atoms with E-state index < -0.39 is 0 Å². The summed E-state index contributed by atoms with van der Waals surface area (Å²) in [6.07, 6.45) is 0.874. The Morgan fingerprint density at radius 1 is 1.42 bits per heavy atom. The van der Waals surface area contributed by atoms with Crippen LogP contribution in [0.2, 0.25) is 5.02 Å². The molecule has 0 bridgehead atoms. The molecular formula is C17H21ClN4O2. The number of nitrogens with one attached hydrogen (secondary N) is 2. The number of hydrogen-bond donors (Lipinski definition) is 2. The van der Waals surface area contributed by atoms with Crippen molar-refractivity contribution in [3.8, 4) is 5.75 Å². The number of aryl methyl sites for hydroxylation is 3. The number of anilines is 1. The zero-order valence-electron chi connectivity index (χ0n) is 14.1. The standard InChI is InChI=1S/C17H21ClN4O2/c1-10-6-12(7-11(2)16(10)18)24-9-15(23)20-17-13-8-19-5-4-14(13)21-22(17)3/h6-7,19H,4-5,8-9H2,1-3H3,(H,20,23). The van der Waals surface area contributed by atoms with E-state index in [9.17, 15) is 4.79 Å². The number of benzene rings is 1. The van der Waals surface area contributed by atoms with Gasteiger partial charge in [0.05, 0.1) is 5.69 Å². The second-order valence-corrected chi connectivity index (χ2v) is 6.41. The highest BCUT2D eigenvalue weighted by Gasteiger charge is 2.20. The Bertz CT molecular complexity index is 762. The molecule has 24 heavy (non-hydrogen) atoms. The zero-order valence-corrected chi connectivity index (χ0v) is 14.8. The molecule has 0 saturated heterocycles. The Morgan fingerprint density at radius 2 is 2.12 bits per heavy atom. The third-order valence-corrected chi connectivity index (χ3v) is 4.70. The van der Waals surface area contributed by atoms with Crippen molar-refractivity contribution in [3.63, 3.8) is 0 Å². The Morgan fingerprint density at radius 3 is 2.83 bits per heavy atom. The summed E-state index contributed by atoms with van der Waals surface area (Å²) in [5.41, 5.74) is 3.95. The number of rotatable bonds is 4. The summed E-state index contributed by atoms with van der Waals surface area (Å²) in [7, 11) is 1.83. The molecule has 0 aliphatic carbocycles. The molecule has 1 amide bonds. The quantitative estimate of drug-likeness (QED) is 0.890. The maximum absolute atomic E-state index is 12.2. The van der Waals surface area contributed by atoms with Gasteiger partial charge in [-0.25, -0.2) is 0 Å². The lowest BCUT2D eigenvalue weighted by Gasteiger charge is -2.14. The van der Waals surface area contributed by atoms with Gasteiger partial charge in [0.1, 0.15) is 11.6 Å². The molecule has 6 nitrogen and oxygen atoms in total. The van der Waals surface area contributed by atoms with Crippen LogP contribution in [0.5, 0.6) is 5.75 Å². The van der Waals surface area contributed by atoms with Crippen molar-refractivity contribution in [1.82, 2.24) is 15.1 Å². The highest BCUT2D eigenvalue weighted by Crippen LogP contribution is 2.26. The van der Waals surface area contributed by atoms with Crippen molar-refractivity contribution >= 4 is 23.3 Å². The number of carbonyl (C=O) groups is 1. The number of hydrogen-bond acceptors (Lipinski definition) is 4. The van der Waals surface area contributed by atoms with Gasteiger partial charge in [-0.2, -0.15) is 5.10 Å². The molecule has 7 heteroatoms. The van der Waals surface area contributed by atoms with Crippen LogP contribution < -0.4 is 15.4 Å². The maximum atomic E-state index is 12.2. The summed E-state index contributed by atoms with van der Waals surface area (Å²) in [4.78, 5) is 12.2. The average molecular weight is 349 g/mol. The molecular weight excluding hydrogens is 328 g/mol. The third kappa shape index (κ3) is 3.39. The average Bonchev–Trinajstić information content (AvgIpc) is 2.86. The van der Waals surface area contributed by atoms with E-state index >= 15 is 0 Å². The number of fused-ring (bicyclic) bond motifs is 1.